The number of hydrogen-bond acceptors (Lipinski definition) is 6. The van der Waals surface area contributed by atoms with Crippen molar-refractivity contribution in [1.82, 2.24) is 15.0 Å². The Kier molecular flexibility index (Phi) is 4.47. The van der Waals surface area contributed by atoms with Crippen LogP contribution >= 0.6 is 11.3 Å². The molecule has 0 spiro atoms. The summed E-state index contributed by atoms with van der Waals surface area (Å²) in [7, 11) is 0. The molecule has 0 aromatic carbocycles. The molecule has 0 saturated heterocycles. The first-order valence-electron chi connectivity index (χ1n) is 6.92. The lowest BCUT2D eigenvalue weighted by molar-refractivity contribution is 0.198. The molecule has 3 heterocycles. The van der Waals surface area contributed by atoms with Crippen molar-refractivity contribution in [3.05, 3.63) is 58.3 Å². The molecule has 0 aliphatic heterocycles. The first kappa shape index (κ1) is 14.0. The monoisotopic (exact) mass is 303 g/mol. The van der Waals surface area contributed by atoms with Crippen molar-refractivity contribution in [2.45, 2.75) is 33.0 Å². The van der Waals surface area contributed by atoms with Gasteiger partial charge in [0.05, 0.1) is 19.4 Å². The van der Waals surface area contributed by atoms with E-state index in [1.807, 2.05) is 19.1 Å². The molecule has 0 unspecified atom stereocenters. The Morgan fingerprint density at radius 2 is 2.14 bits per heavy atom. The largest absolute Gasteiger partial charge is 0.468 e. The maximum absolute atomic E-state index is 5.44. The number of rotatable bonds is 7. The van der Waals surface area contributed by atoms with Crippen LogP contribution in [0.1, 0.15) is 29.3 Å². The number of aryl methyl sites for hydroxylation is 1. The van der Waals surface area contributed by atoms with Crippen LogP contribution in [-0.4, -0.2) is 15.0 Å². The van der Waals surface area contributed by atoms with E-state index in [-0.39, 0.29) is 0 Å². The van der Waals surface area contributed by atoms with Crippen LogP contribution in [0.4, 0.5) is 0 Å². The van der Waals surface area contributed by atoms with E-state index >= 15 is 0 Å². The van der Waals surface area contributed by atoms with Crippen molar-refractivity contribution in [2.24, 2.45) is 0 Å². The molecule has 0 fully saturated rings. The second-order valence-electron chi connectivity index (χ2n) is 4.76. The van der Waals surface area contributed by atoms with Gasteiger partial charge >= 0.3 is 0 Å². The van der Waals surface area contributed by atoms with E-state index in [2.05, 4.69) is 32.6 Å². The van der Waals surface area contributed by atoms with Gasteiger partial charge in [-0.1, -0.05) is 18.1 Å². The Morgan fingerprint density at radius 1 is 1.19 bits per heavy atom. The number of furan rings is 1. The van der Waals surface area contributed by atoms with Gasteiger partial charge in [0.25, 0.3) is 0 Å². The zero-order valence-corrected chi connectivity index (χ0v) is 12.7. The molecule has 21 heavy (non-hydrogen) atoms. The summed E-state index contributed by atoms with van der Waals surface area (Å²) in [6, 6.07) is 8.07. The van der Waals surface area contributed by atoms with Crippen LogP contribution in [0.3, 0.4) is 0 Å². The molecule has 0 bridgehead atoms. The highest BCUT2D eigenvalue weighted by molar-refractivity contribution is 7.09. The predicted octanol–water partition coefficient (Wildman–Crippen LogP) is 3.49. The summed E-state index contributed by atoms with van der Waals surface area (Å²) < 4.78 is 10.7. The van der Waals surface area contributed by atoms with Gasteiger partial charge in [-0.3, -0.25) is 4.90 Å². The summed E-state index contributed by atoms with van der Waals surface area (Å²) in [5, 5.41) is 6.03. The van der Waals surface area contributed by atoms with Gasteiger partial charge in [0.2, 0.25) is 5.89 Å². The Labute approximate surface area is 127 Å². The summed E-state index contributed by atoms with van der Waals surface area (Å²) >= 11 is 1.75. The van der Waals surface area contributed by atoms with Gasteiger partial charge in [-0.15, -0.1) is 11.3 Å². The maximum atomic E-state index is 5.44. The minimum atomic E-state index is 0.617. The van der Waals surface area contributed by atoms with Crippen LogP contribution in [0, 0.1) is 0 Å². The highest BCUT2D eigenvalue weighted by Crippen LogP contribution is 2.17. The fourth-order valence-corrected chi connectivity index (χ4v) is 2.85. The molecule has 0 radical (unpaired) electrons. The maximum Gasteiger partial charge on any atom is 0.240 e. The van der Waals surface area contributed by atoms with Gasteiger partial charge in [-0.25, -0.2) is 0 Å². The minimum Gasteiger partial charge on any atom is -0.468 e. The quantitative estimate of drug-likeness (QED) is 0.668. The number of aromatic nitrogens is 2. The molecular formula is C15H17N3O2S. The molecule has 3 aromatic heterocycles. The second-order valence-corrected chi connectivity index (χ2v) is 5.79. The summed E-state index contributed by atoms with van der Waals surface area (Å²) in [5.41, 5.74) is 0. The summed E-state index contributed by atoms with van der Waals surface area (Å²) in [4.78, 5) is 7.92. The Balaban J connectivity index is 1.71. The third-order valence-electron chi connectivity index (χ3n) is 3.10. The van der Waals surface area contributed by atoms with Crippen LogP contribution in [0.25, 0.3) is 0 Å². The highest BCUT2D eigenvalue weighted by atomic mass is 32.1. The van der Waals surface area contributed by atoms with E-state index in [9.17, 15) is 0 Å². The van der Waals surface area contributed by atoms with Crippen LogP contribution in [0.15, 0.2) is 44.8 Å². The standard InChI is InChI=1S/C15H17N3O2S/c1-2-14-16-15(20-17-14)11-18(9-12-5-3-7-19-12)10-13-6-4-8-21-13/h3-8H,2,9-11H2,1H3. The third kappa shape index (κ3) is 3.80. The number of thiophene rings is 1. The molecule has 0 N–H and O–H groups in total. The molecule has 3 aromatic rings. The molecule has 0 aliphatic carbocycles. The summed E-state index contributed by atoms with van der Waals surface area (Å²) in [6.07, 6.45) is 2.48. The van der Waals surface area contributed by atoms with Gasteiger partial charge in [-0.05, 0) is 23.6 Å². The Bertz CT molecular complexity index is 610. The lowest BCUT2D eigenvalue weighted by Crippen LogP contribution is -2.21. The molecule has 6 heteroatoms. The van der Waals surface area contributed by atoms with Crippen molar-refractivity contribution in [1.29, 1.82) is 0 Å². The van der Waals surface area contributed by atoms with Crippen LogP contribution in [-0.2, 0) is 26.1 Å². The van der Waals surface area contributed by atoms with Gasteiger partial charge in [0, 0.05) is 17.8 Å². The molecule has 110 valence electrons. The normalized spacial score (nSPS) is 11.3. The molecule has 3 rings (SSSR count). The average molecular weight is 303 g/mol. The van der Waals surface area contributed by atoms with Crippen molar-refractivity contribution in [2.75, 3.05) is 0 Å². The Morgan fingerprint density at radius 3 is 2.81 bits per heavy atom. The van der Waals surface area contributed by atoms with Gasteiger partial charge in [-0.2, -0.15) is 4.98 Å². The summed E-state index contributed by atoms with van der Waals surface area (Å²) in [6.45, 7) is 4.18. The molecule has 5 nitrogen and oxygen atoms in total. The topological polar surface area (TPSA) is 55.3 Å². The SMILES string of the molecule is CCc1noc(CN(Cc2ccco2)Cc2cccs2)n1. The van der Waals surface area contributed by atoms with E-state index in [4.69, 9.17) is 8.94 Å². The molecule has 0 saturated carbocycles. The van der Waals surface area contributed by atoms with Crippen LogP contribution < -0.4 is 0 Å². The smallest absolute Gasteiger partial charge is 0.240 e. The number of hydrogen-bond donors (Lipinski definition) is 0. The molecular weight excluding hydrogens is 286 g/mol. The van der Waals surface area contributed by atoms with Crippen LogP contribution in [0.2, 0.25) is 0 Å². The van der Waals surface area contributed by atoms with Crippen molar-refractivity contribution in [3.8, 4) is 0 Å². The van der Waals surface area contributed by atoms with E-state index in [0.717, 1.165) is 31.1 Å². The predicted molar refractivity (Wildman–Crippen MR) is 79.7 cm³/mol. The van der Waals surface area contributed by atoms with Crippen molar-refractivity contribution in [3.63, 3.8) is 0 Å². The van der Waals surface area contributed by atoms with Crippen LogP contribution in [0.5, 0.6) is 0 Å². The lowest BCUT2D eigenvalue weighted by atomic mass is 10.3. The fraction of sp³-hybridized carbons (Fsp3) is 0.333. The fourth-order valence-electron chi connectivity index (χ4n) is 2.10. The minimum absolute atomic E-state index is 0.617. The number of nitrogens with zero attached hydrogens (tertiary/aromatic N) is 3. The zero-order chi connectivity index (χ0) is 14.5. The van der Waals surface area contributed by atoms with Crippen molar-refractivity contribution < 1.29 is 8.94 Å². The van der Waals surface area contributed by atoms with E-state index < -0.39 is 0 Å². The molecule has 0 aliphatic rings. The highest BCUT2D eigenvalue weighted by Gasteiger charge is 2.14. The first-order valence-corrected chi connectivity index (χ1v) is 7.80. The van der Waals surface area contributed by atoms with Crippen molar-refractivity contribution >= 4 is 11.3 Å². The average Bonchev–Trinajstić information content (AvgIpc) is 3.20. The molecule has 0 atom stereocenters. The molecule has 0 amide bonds. The van der Waals surface area contributed by atoms with Gasteiger partial charge in [0.15, 0.2) is 5.82 Å². The zero-order valence-electron chi connectivity index (χ0n) is 11.9. The lowest BCUT2D eigenvalue weighted by Gasteiger charge is -2.18. The van der Waals surface area contributed by atoms with Gasteiger partial charge in [0.1, 0.15) is 5.76 Å². The second kappa shape index (κ2) is 6.69. The first-order chi connectivity index (χ1) is 10.3. The third-order valence-corrected chi connectivity index (χ3v) is 3.97. The Hall–Kier alpha value is -1.92. The van der Waals surface area contributed by atoms with E-state index in [1.54, 1.807) is 17.6 Å². The summed E-state index contributed by atoms with van der Waals surface area (Å²) in [5.74, 6) is 2.33. The van der Waals surface area contributed by atoms with E-state index in [0.29, 0.717) is 12.4 Å². The van der Waals surface area contributed by atoms with Gasteiger partial charge < -0.3 is 8.94 Å². The van der Waals surface area contributed by atoms with E-state index in [1.165, 1.54) is 4.88 Å².